The van der Waals surface area contributed by atoms with Crippen molar-refractivity contribution >= 4 is 30.6 Å². The SMILES string of the molecule is Cl.Cl.N#Cc1cc2c(nc1N1CCNCC1)CCCC2. The normalized spacial score (nSPS) is 17.2. The average Bonchev–Trinajstić information content (AvgIpc) is 2.46. The van der Waals surface area contributed by atoms with Crippen molar-refractivity contribution in [3.63, 3.8) is 0 Å². The van der Waals surface area contributed by atoms with Gasteiger partial charge in [0.15, 0.2) is 0 Å². The van der Waals surface area contributed by atoms with Crippen LogP contribution in [0.25, 0.3) is 0 Å². The van der Waals surface area contributed by atoms with Crippen molar-refractivity contribution in [2.24, 2.45) is 0 Å². The van der Waals surface area contributed by atoms with Gasteiger partial charge in [0.25, 0.3) is 0 Å². The van der Waals surface area contributed by atoms with E-state index in [2.05, 4.69) is 22.4 Å². The molecular formula is C14H20Cl2N4. The predicted octanol–water partition coefficient (Wildman–Crippen LogP) is 2.09. The molecule has 1 aromatic heterocycles. The largest absolute Gasteiger partial charge is 0.353 e. The van der Waals surface area contributed by atoms with E-state index in [-0.39, 0.29) is 24.8 Å². The molecule has 0 atom stereocenters. The van der Waals surface area contributed by atoms with Gasteiger partial charge in [0, 0.05) is 31.9 Å². The number of nitriles is 1. The molecule has 0 aromatic carbocycles. The van der Waals surface area contributed by atoms with Crippen LogP contribution in [0.2, 0.25) is 0 Å². The van der Waals surface area contributed by atoms with Crippen LogP contribution >= 0.6 is 24.8 Å². The number of hydrogen-bond acceptors (Lipinski definition) is 4. The number of halogens is 2. The Labute approximate surface area is 132 Å². The molecule has 0 radical (unpaired) electrons. The van der Waals surface area contributed by atoms with E-state index in [1.54, 1.807) is 0 Å². The highest BCUT2D eigenvalue weighted by atomic mass is 35.5. The average molecular weight is 315 g/mol. The number of hydrogen-bond donors (Lipinski definition) is 1. The third kappa shape index (κ3) is 3.35. The van der Waals surface area contributed by atoms with E-state index in [0.717, 1.165) is 50.4 Å². The van der Waals surface area contributed by atoms with Gasteiger partial charge in [-0.3, -0.25) is 0 Å². The van der Waals surface area contributed by atoms with Crippen LogP contribution in [0.3, 0.4) is 0 Å². The summed E-state index contributed by atoms with van der Waals surface area (Å²) in [5.41, 5.74) is 3.25. The first-order valence-corrected chi connectivity index (χ1v) is 6.77. The van der Waals surface area contributed by atoms with Crippen LogP contribution < -0.4 is 10.2 Å². The Balaban J connectivity index is 0.000001000. The van der Waals surface area contributed by atoms with E-state index in [0.29, 0.717) is 0 Å². The first kappa shape index (κ1) is 17.0. The van der Waals surface area contributed by atoms with Crippen LogP contribution in [0, 0.1) is 11.3 Å². The number of pyridine rings is 1. The van der Waals surface area contributed by atoms with Gasteiger partial charge in [-0.05, 0) is 37.3 Å². The van der Waals surface area contributed by atoms with Crippen molar-refractivity contribution in [1.29, 1.82) is 5.26 Å². The van der Waals surface area contributed by atoms with Gasteiger partial charge < -0.3 is 10.2 Å². The zero-order valence-electron chi connectivity index (χ0n) is 11.4. The van der Waals surface area contributed by atoms with Crippen molar-refractivity contribution in [3.05, 3.63) is 22.9 Å². The van der Waals surface area contributed by atoms with Gasteiger partial charge in [0.05, 0.1) is 5.56 Å². The molecule has 1 aliphatic heterocycles. The molecule has 0 spiro atoms. The molecule has 1 N–H and O–H groups in total. The molecule has 1 fully saturated rings. The highest BCUT2D eigenvalue weighted by molar-refractivity contribution is 5.85. The second-order valence-electron chi connectivity index (χ2n) is 5.02. The lowest BCUT2D eigenvalue weighted by molar-refractivity contribution is 0.581. The Morgan fingerprint density at radius 3 is 2.55 bits per heavy atom. The van der Waals surface area contributed by atoms with Crippen LogP contribution in [0.15, 0.2) is 6.07 Å². The number of nitrogens with zero attached hydrogens (tertiary/aromatic N) is 3. The van der Waals surface area contributed by atoms with E-state index in [4.69, 9.17) is 4.98 Å². The Morgan fingerprint density at radius 2 is 1.85 bits per heavy atom. The molecule has 0 bridgehead atoms. The van der Waals surface area contributed by atoms with Gasteiger partial charge >= 0.3 is 0 Å². The molecule has 6 heteroatoms. The van der Waals surface area contributed by atoms with Crippen LogP contribution in [-0.4, -0.2) is 31.2 Å². The maximum absolute atomic E-state index is 9.32. The summed E-state index contributed by atoms with van der Waals surface area (Å²) in [6.07, 6.45) is 4.61. The molecule has 20 heavy (non-hydrogen) atoms. The number of aryl methyl sites for hydroxylation is 2. The van der Waals surface area contributed by atoms with Crippen molar-refractivity contribution in [1.82, 2.24) is 10.3 Å². The third-order valence-electron chi connectivity index (χ3n) is 3.82. The van der Waals surface area contributed by atoms with Crippen LogP contribution in [-0.2, 0) is 12.8 Å². The number of anilines is 1. The molecule has 1 aliphatic carbocycles. The molecule has 1 saturated heterocycles. The number of piperazine rings is 1. The first-order chi connectivity index (χ1) is 8.88. The highest BCUT2D eigenvalue weighted by Crippen LogP contribution is 2.26. The lowest BCUT2D eigenvalue weighted by Gasteiger charge is -2.30. The van der Waals surface area contributed by atoms with Gasteiger partial charge in [-0.2, -0.15) is 5.26 Å². The number of nitrogens with one attached hydrogen (secondary N) is 1. The summed E-state index contributed by atoms with van der Waals surface area (Å²) >= 11 is 0. The summed E-state index contributed by atoms with van der Waals surface area (Å²) in [6.45, 7) is 3.84. The monoisotopic (exact) mass is 314 g/mol. The topological polar surface area (TPSA) is 52.0 Å². The number of rotatable bonds is 1. The minimum absolute atomic E-state index is 0. The molecule has 0 unspecified atom stereocenters. The van der Waals surface area contributed by atoms with E-state index in [1.165, 1.54) is 24.1 Å². The minimum Gasteiger partial charge on any atom is -0.353 e. The smallest absolute Gasteiger partial charge is 0.146 e. The minimum atomic E-state index is 0. The van der Waals surface area contributed by atoms with Gasteiger partial charge in [-0.1, -0.05) is 0 Å². The van der Waals surface area contributed by atoms with Crippen molar-refractivity contribution in [2.75, 3.05) is 31.1 Å². The molecule has 110 valence electrons. The van der Waals surface area contributed by atoms with Crippen molar-refractivity contribution < 1.29 is 0 Å². The molecule has 0 saturated carbocycles. The van der Waals surface area contributed by atoms with Crippen molar-refractivity contribution in [3.8, 4) is 6.07 Å². The van der Waals surface area contributed by atoms with Gasteiger partial charge in [0.1, 0.15) is 11.9 Å². The zero-order chi connectivity index (χ0) is 12.4. The van der Waals surface area contributed by atoms with Gasteiger partial charge in [-0.25, -0.2) is 4.98 Å². The Hall–Kier alpha value is -1.02. The van der Waals surface area contributed by atoms with Crippen molar-refractivity contribution in [2.45, 2.75) is 25.7 Å². The fraction of sp³-hybridized carbons (Fsp3) is 0.571. The van der Waals surface area contributed by atoms with E-state index >= 15 is 0 Å². The Bertz CT molecular complexity index is 493. The molecule has 2 aliphatic rings. The van der Waals surface area contributed by atoms with Crippen LogP contribution in [0.1, 0.15) is 29.7 Å². The summed E-state index contributed by atoms with van der Waals surface area (Å²) in [6, 6.07) is 4.39. The second kappa shape index (κ2) is 7.68. The fourth-order valence-electron chi connectivity index (χ4n) is 2.82. The molecule has 2 heterocycles. The Kier molecular flexibility index (Phi) is 6.54. The summed E-state index contributed by atoms with van der Waals surface area (Å²) in [4.78, 5) is 7.02. The standard InChI is InChI=1S/C14H18N4.2ClH/c15-10-12-9-11-3-1-2-4-13(11)17-14(12)18-7-5-16-6-8-18;;/h9,16H,1-8H2;2*1H. The van der Waals surface area contributed by atoms with Gasteiger partial charge in [-0.15, -0.1) is 24.8 Å². The first-order valence-electron chi connectivity index (χ1n) is 6.77. The van der Waals surface area contributed by atoms with E-state index < -0.39 is 0 Å². The summed E-state index contributed by atoms with van der Waals surface area (Å²) in [7, 11) is 0. The number of aromatic nitrogens is 1. The van der Waals surface area contributed by atoms with E-state index in [1.807, 2.05) is 0 Å². The second-order valence-corrected chi connectivity index (χ2v) is 5.02. The molecule has 4 nitrogen and oxygen atoms in total. The molecule has 1 aromatic rings. The summed E-state index contributed by atoms with van der Waals surface area (Å²) in [5.74, 6) is 0.902. The number of fused-ring (bicyclic) bond motifs is 1. The lowest BCUT2D eigenvalue weighted by atomic mass is 9.95. The zero-order valence-corrected chi connectivity index (χ0v) is 13.0. The quantitative estimate of drug-likeness (QED) is 0.862. The van der Waals surface area contributed by atoms with Gasteiger partial charge in [0.2, 0.25) is 0 Å². The van der Waals surface area contributed by atoms with Crippen LogP contribution in [0.5, 0.6) is 0 Å². The van der Waals surface area contributed by atoms with Crippen LogP contribution in [0.4, 0.5) is 5.82 Å². The molecular weight excluding hydrogens is 295 g/mol. The molecule has 0 amide bonds. The Morgan fingerprint density at radius 1 is 1.15 bits per heavy atom. The maximum Gasteiger partial charge on any atom is 0.146 e. The third-order valence-corrected chi connectivity index (χ3v) is 3.82. The summed E-state index contributed by atoms with van der Waals surface area (Å²) in [5, 5.41) is 12.7. The maximum atomic E-state index is 9.32. The molecule has 3 rings (SSSR count). The lowest BCUT2D eigenvalue weighted by Crippen LogP contribution is -2.44. The summed E-state index contributed by atoms with van der Waals surface area (Å²) < 4.78 is 0. The fourth-order valence-corrected chi connectivity index (χ4v) is 2.82. The predicted molar refractivity (Wildman–Crippen MR) is 85.2 cm³/mol. The highest BCUT2D eigenvalue weighted by Gasteiger charge is 2.20. The van der Waals surface area contributed by atoms with E-state index in [9.17, 15) is 5.26 Å².